The lowest BCUT2D eigenvalue weighted by molar-refractivity contribution is -0.220. The van der Waals surface area contributed by atoms with Gasteiger partial charge in [-0.15, -0.1) is 0 Å². The van der Waals surface area contributed by atoms with E-state index in [-0.39, 0.29) is 12.8 Å². The van der Waals surface area contributed by atoms with Crippen molar-refractivity contribution < 1.29 is 63.1 Å². The number of esters is 2. The molecule has 0 aromatic carbocycles. The van der Waals surface area contributed by atoms with E-state index in [1.165, 1.54) is 64.2 Å². The normalized spacial score (nSPS) is 23.3. The van der Waals surface area contributed by atoms with Gasteiger partial charge in [0.1, 0.15) is 43.2 Å². The first-order valence-electron chi connectivity index (χ1n) is 21.1. The van der Waals surface area contributed by atoms with Gasteiger partial charge >= 0.3 is 19.8 Å². The Kier molecular flexibility index (Phi) is 30.2. The van der Waals surface area contributed by atoms with E-state index >= 15 is 0 Å². The Morgan fingerprint density at radius 2 is 1.00 bits per heavy atom. The third-order valence-corrected chi connectivity index (χ3v) is 10.8. The van der Waals surface area contributed by atoms with E-state index in [0.717, 1.165) is 64.2 Å². The summed E-state index contributed by atoms with van der Waals surface area (Å²) in [6.45, 7) is 3.22. The number of phosphoric ester groups is 1. The van der Waals surface area contributed by atoms with Gasteiger partial charge in [-0.05, 0) is 38.5 Å². The maximum Gasteiger partial charge on any atom is 0.472 e. The van der Waals surface area contributed by atoms with Gasteiger partial charge in [0.15, 0.2) is 6.10 Å². The fourth-order valence-corrected chi connectivity index (χ4v) is 7.28. The topological polar surface area (TPSA) is 210 Å². The predicted molar refractivity (Wildman–Crippen MR) is 212 cm³/mol. The summed E-state index contributed by atoms with van der Waals surface area (Å²) in [4.78, 5) is 35.5. The van der Waals surface area contributed by atoms with Crippen molar-refractivity contribution in [3.63, 3.8) is 0 Å². The highest BCUT2D eigenvalue weighted by Gasteiger charge is 2.51. The lowest BCUT2D eigenvalue weighted by Crippen LogP contribution is -2.64. The highest BCUT2D eigenvalue weighted by Crippen LogP contribution is 2.47. The molecule has 0 aromatic heterocycles. The second-order valence-electron chi connectivity index (χ2n) is 14.8. The molecule has 1 fully saturated rings. The minimum absolute atomic E-state index is 0.0828. The van der Waals surface area contributed by atoms with Gasteiger partial charge in [0.25, 0.3) is 0 Å². The second-order valence-corrected chi connectivity index (χ2v) is 16.3. The van der Waals surface area contributed by atoms with Gasteiger partial charge in [-0.2, -0.15) is 0 Å². The van der Waals surface area contributed by atoms with Crippen LogP contribution in [-0.2, 0) is 32.7 Å². The molecule has 13 nitrogen and oxygen atoms in total. The molecule has 0 aliphatic heterocycles. The van der Waals surface area contributed by atoms with Gasteiger partial charge in [-0.25, -0.2) is 4.57 Å². The van der Waals surface area contributed by atoms with Gasteiger partial charge in [0.05, 0.1) is 6.61 Å². The van der Waals surface area contributed by atoms with Crippen molar-refractivity contribution in [2.24, 2.45) is 0 Å². The number of rotatable bonds is 34. The molecular formula is C41H75O13P. The van der Waals surface area contributed by atoms with Crippen LogP contribution in [0.15, 0.2) is 24.3 Å². The Labute approximate surface area is 330 Å². The van der Waals surface area contributed by atoms with Crippen LogP contribution in [-0.4, -0.2) is 98.3 Å². The van der Waals surface area contributed by atoms with E-state index in [2.05, 4.69) is 38.2 Å². The van der Waals surface area contributed by atoms with Crippen LogP contribution < -0.4 is 0 Å². The molecule has 0 saturated heterocycles. The molecule has 0 amide bonds. The Bertz CT molecular complexity index is 1070. The van der Waals surface area contributed by atoms with E-state index in [4.69, 9.17) is 18.5 Å². The van der Waals surface area contributed by atoms with Crippen LogP contribution in [0.3, 0.4) is 0 Å². The molecule has 8 atom stereocenters. The first-order chi connectivity index (χ1) is 26.4. The average molecular weight is 807 g/mol. The van der Waals surface area contributed by atoms with Crippen molar-refractivity contribution in [3.8, 4) is 0 Å². The summed E-state index contributed by atoms with van der Waals surface area (Å²) in [5, 5.41) is 50.0. The first kappa shape index (κ1) is 51.3. The van der Waals surface area contributed by atoms with Crippen molar-refractivity contribution in [1.29, 1.82) is 0 Å². The van der Waals surface area contributed by atoms with Crippen LogP contribution in [0.25, 0.3) is 0 Å². The zero-order chi connectivity index (χ0) is 40.7. The van der Waals surface area contributed by atoms with Crippen LogP contribution in [0.2, 0.25) is 0 Å². The van der Waals surface area contributed by atoms with E-state index < -0.39 is 75.7 Å². The summed E-state index contributed by atoms with van der Waals surface area (Å²) in [5.74, 6) is -1.11. The minimum Gasteiger partial charge on any atom is -0.462 e. The maximum absolute atomic E-state index is 12.8. The Morgan fingerprint density at radius 3 is 1.53 bits per heavy atom. The van der Waals surface area contributed by atoms with Crippen molar-refractivity contribution >= 4 is 19.8 Å². The molecule has 55 heavy (non-hydrogen) atoms. The third kappa shape index (κ3) is 25.3. The van der Waals surface area contributed by atoms with Gasteiger partial charge in [0.2, 0.25) is 0 Å². The quantitative estimate of drug-likeness (QED) is 0.0164. The molecule has 322 valence electrons. The fraction of sp³-hybridized carbons (Fsp3) is 0.854. The van der Waals surface area contributed by atoms with Crippen LogP contribution in [0.4, 0.5) is 0 Å². The highest BCUT2D eigenvalue weighted by atomic mass is 31.2. The average Bonchev–Trinajstić information content (AvgIpc) is 3.16. The summed E-state index contributed by atoms with van der Waals surface area (Å²) in [6.07, 6.45) is 19.6. The molecule has 1 aliphatic carbocycles. The SMILES string of the molecule is CCCC/C=C/C/C=C/CCCCCCCC(=O)O[C@H](COC(=O)CCCCCCCCCCCCCC)COP(=O)(O)OC1C(O)C(O)C(O)[C@@H](O)C1O. The van der Waals surface area contributed by atoms with Crippen LogP contribution in [0.5, 0.6) is 0 Å². The van der Waals surface area contributed by atoms with Crippen molar-refractivity contribution in [2.45, 2.75) is 211 Å². The van der Waals surface area contributed by atoms with E-state index in [1.54, 1.807) is 0 Å². The van der Waals surface area contributed by atoms with Gasteiger partial charge in [0, 0.05) is 12.8 Å². The molecule has 6 N–H and O–H groups in total. The fourth-order valence-electron chi connectivity index (χ4n) is 6.30. The summed E-state index contributed by atoms with van der Waals surface area (Å²) >= 11 is 0. The number of phosphoric acid groups is 1. The Balaban J connectivity index is 2.52. The van der Waals surface area contributed by atoms with E-state index in [1.807, 2.05) is 0 Å². The second kappa shape index (κ2) is 32.3. The number of aliphatic hydroxyl groups excluding tert-OH is 5. The lowest BCUT2D eigenvalue weighted by Gasteiger charge is -2.41. The molecular weight excluding hydrogens is 731 g/mol. The third-order valence-electron chi connectivity index (χ3n) is 9.80. The van der Waals surface area contributed by atoms with E-state index in [9.17, 15) is 44.6 Å². The number of unbranched alkanes of at least 4 members (excludes halogenated alkanes) is 18. The Morgan fingerprint density at radius 1 is 0.564 bits per heavy atom. The number of carbonyl (C=O) groups excluding carboxylic acids is 2. The predicted octanol–water partition coefficient (Wildman–Crippen LogP) is 7.28. The van der Waals surface area contributed by atoms with Crippen LogP contribution >= 0.6 is 7.82 Å². The molecule has 0 spiro atoms. The van der Waals surface area contributed by atoms with Gasteiger partial charge < -0.3 is 39.9 Å². The molecule has 0 heterocycles. The molecule has 14 heteroatoms. The molecule has 0 aromatic rings. The van der Waals surface area contributed by atoms with Gasteiger partial charge in [-0.1, -0.05) is 141 Å². The highest BCUT2D eigenvalue weighted by molar-refractivity contribution is 7.47. The van der Waals surface area contributed by atoms with Crippen LogP contribution in [0, 0.1) is 0 Å². The lowest BCUT2D eigenvalue weighted by atomic mass is 9.85. The summed E-state index contributed by atoms with van der Waals surface area (Å²) in [6, 6.07) is 0. The smallest absolute Gasteiger partial charge is 0.462 e. The zero-order valence-corrected chi connectivity index (χ0v) is 34.6. The summed E-state index contributed by atoms with van der Waals surface area (Å²) in [5.41, 5.74) is 0. The molecule has 6 unspecified atom stereocenters. The monoisotopic (exact) mass is 806 g/mol. The maximum atomic E-state index is 12.8. The molecule has 0 radical (unpaired) electrons. The van der Waals surface area contributed by atoms with Crippen LogP contribution in [0.1, 0.15) is 168 Å². The van der Waals surface area contributed by atoms with Crippen molar-refractivity contribution in [2.75, 3.05) is 13.2 Å². The number of aliphatic hydroxyl groups is 5. The number of allylic oxidation sites excluding steroid dienone is 4. The minimum atomic E-state index is -5.11. The molecule has 1 saturated carbocycles. The molecule has 0 bridgehead atoms. The number of hydrogen-bond acceptors (Lipinski definition) is 12. The van der Waals surface area contributed by atoms with Gasteiger partial charge in [-0.3, -0.25) is 18.6 Å². The molecule has 1 aliphatic rings. The Hall–Kier alpha value is -1.67. The first-order valence-corrected chi connectivity index (χ1v) is 22.6. The standard InChI is InChI=1S/C41H75O13P/c1-3-5-7-9-11-13-15-17-18-20-22-24-26-28-30-35(43)53-33(31-51-34(42)29-27-25-23-21-19-16-14-12-10-8-6-4-2)32-52-55(49,50)54-41-39(47)37(45)36(44)38(46)40(41)48/h9,11,15,17,33,36-41,44-48H,3-8,10,12-14,16,18-32H2,1-2H3,(H,49,50)/b11-9+,17-15+/t33-,36?,37-,38?,39?,40?,41?/m1/s1. The largest absolute Gasteiger partial charge is 0.472 e. The summed E-state index contributed by atoms with van der Waals surface area (Å²) < 4.78 is 33.4. The van der Waals surface area contributed by atoms with E-state index in [0.29, 0.717) is 12.8 Å². The zero-order valence-electron chi connectivity index (χ0n) is 33.7. The number of carbonyl (C=O) groups is 2. The number of ether oxygens (including phenoxy) is 2. The van der Waals surface area contributed by atoms with Crippen molar-refractivity contribution in [3.05, 3.63) is 24.3 Å². The summed E-state index contributed by atoms with van der Waals surface area (Å²) in [7, 11) is -5.11. The number of hydrogen-bond donors (Lipinski definition) is 6. The van der Waals surface area contributed by atoms with Crippen molar-refractivity contribution in [1.82, 2.24) is 0 Å². The molecule has 1 rings (SSSR count).